The van der Waals surface area contributed by atoms with E-state index in [9.17, 15) is 4.79 Å². The van der Waals surface area contributed by atoms with Crippen LogP contribution in [0.15, 0.2) is 12.3 Å². The summed E-state index contributed by atoms with van der Waals surface area (Å²) in [7, 11) is 1.83. The van der Waals surface area contributed by atoms with Gasteiger partial charge >= 0.3 is 0 Å². The first-order valence-electron chi connectivity index (χ1n) is 7.54. The number of anilines is 1. The maximum atomic E-state index is 12.0. The van der Waals surface area contributed by atoms with Crippen LogP contribution in [0.2, 0.25) is 5.15 Å². The second-order valence-electron chi connectivity index (χ2n) is 5.84. The fourth-order valence-electron chi connectivity index (χ4n) is 2.80. The number of aryl methyl sites for hydroxylation is 1. The molecule has 122 valence electrons. The van der Waals surface area contributed by atoms with Crippen molar-refractivity contribution in [2.24, 2.45) is 7.05 Å². The quantitative estimate of drug-likeness (QED) is 0.864. The smallest absolute Gasteiger partial charge is 0.222 e. The molecule has 1 saturated carbocycles. The van der Waals surface area contributed by atoms with Crippen LogP contribution in [-0.2, 0) is 18.4 Å². The Balaban J connectivity index is 1.95. The van der Waals surface area contributed by atoms with Crippen molar-refractivity contribution in [1.29, 1.82) is 0 Å². The third-order valence-electron chi connectivity index (χ3n) is 4.12. The monoisotopic (exact) mass is 334 g/mol. The molecule has 1 aliphatic carbocycles. The first kappa shape index (κ1) is 15.7. The SMILES string of the molecule is CC(=O)N(Cc1cn(C)nc1-c1cc(Cl)nc(N)n1)C1CCC1. The molecule has 7 nitrogen and oxygen atoms in total. The average molecular weight is 335 g/mol. The molecular weight excluding hydrogens is 316 g/mol. The Kier molecular flexibility index (Phi) is 4.21. The normalized spacial score (nSPS) is 14.6. The molecule has 2 N–H and O–H groups in total. The minimum atomic E-state index is 0.0738. The van der Waals surface area contributed by atoms with Crippen molar-refractivity contribution in [3.63, 3.8) is 0 Å². The molecule has 1 aliphatic rings. The van der Waals surface area contributed by atoms with Crippen molar-refractivity contribution in [1.82, 2.24) is 24.6 Å². The van der Waals surface area contributed by atoms with Gasteiger partial charge in [0.05, 0.1) is 5.69 Å². The van der Waals surface area contributed by atoms with Gasteiger partial charge in [0, 0.05) is 44.4 Å². The Bertz CT molecular complexity index is 719. The number of carbonyl (C=O) groups is 1. The Labute approximate surface area is 139 Å². The van der Waals surface area contributed by atoms with Crippen LogP contribution in [0.1, 0.15) is 31.7 Å². The fourth-order valence-corrected chi connectivity index (χ4v) is 2.99. The van der Waals surface area contributed by atoms with Gasteiger partial charge in [0.25, 0.3) is 0 Å². The maximum Gasteiger partial charge on any atom is 0.222 e. The van der Waals surface area contributed by atoms with Crippen LogP contribution < -0.4 is 5.73 Å². The summed E-state index contributed by atoms with van der Waals surface area (Å²) < 4.78 is 1.70. The topological polar surface area (TPSA) is 89.9 Å². The number of hydrogen-bond donors (Lipinski definition) is 1. The molecular formula is C15H19ClN6O. The van der Waals surface area contributed by atoms with Crippen LogP contribution in [0.3, 0.4) is 0 Å². The van der Waals surface area contributed by atoms with E-state index in [2.05, 4.69) is 15.1 Å². The number of halogens is 1. The lowest BCUT2D eigenvalue weighted by Gasteiger charge is -2.37. The van der Waals surface area contributed by atoms with Crippen LogP contribution >= 0.6 is 11.6 Å². The number of hydrogen-bond acceptors (Lipinski definition) is 5. The highest BCUT2D eigenvalue weighted by atomic mass is 35.5. The lowest BCUT2D eigenvalue weighted by molar-refractivity contribution is -0.133. The van der Waals surface area contributed by atoms with Crippen molar-refractivity contribution in [3.8, 4) is 11.4 Å². The van der Waals surface area contributed by atoms with Crippen molar-refractivity contribution >= 4 is 23.5 Å². The molecule has 0 aliphatic heterocycles. The summed E-state index contributed by atoms with van der Waals surface area (Å²) in [6.07, 6.45) is 5.19. The van der Waals surface area contributed by atoms with Gasteiger partial charge in [-0.1, -0.05) is 11.6 Å². The molecule has 0 radical (unpaired) electrons. The molecule has 0 spiro atoms. The molecule has 2 aromatic rings. The van der Waals surface area contributed by atoms with E-state index >= 15 is 0 Å². The summed E-state index contributed by atoms with van der Waals surface area (Å²) in [5, 5.41) is 4.72. The van der Waals surface area contributed by atoms with E-state index in [1.807, 2.05) is 18.1 Å². The number of carbonyl (C=O) groups excluding carboxylic acids is 1. The van der Waals surface area contributed by atoms with Gasteiger partial charge in [-0.2, -0.15) is 5.10 Å². The molecule has 23 heavy (non-hydrogen) atoms. The third kappa shape index (κ3) is 3.29. The van der Waals surface area contributed by atoms with Gasteiger partial charge in [-0.25, -0.2) is 9.97 Å². The van der Waals surface area contributed by atoms with E-state index in [1.165, 1.54) is 6.42 Å². The largest absolute Gasteiger partial charge is 0.368 e. The summed E-state index contributed by atoms with van der Waals surface area (Å²) >= 11 is 5.97. The predicted molar refractivity (Wildman–Crippen MR) is 87.5 cm³/mol. The van der Waals surface area contributed by atoms with E-state index in [1.54, 1.807) is 17.7 Å². The molecule has 1 fully saturated rings. The maximum absolute atomic E-state index is 12.0. The van der Waals surface area contributed by atoms with Crippen molar-refractivity contribution in [3.05, 3.63) is 23.0 Å². The molecule has 2 aromatic heterocycles. The van der Waals surface area contributed by atoms with E-state index in [0.29, 0.717) is 24.0 Å². The number of amides is 1. The van der Waals surface area contributed by atoms with E-state index in [0.717, 1.165) is 18.4 Å². The number of nitrogens with zero attached hydrogens (tertiary/aromatic N) is 5. The van der Waals surface area contributed by atoms with Gasteiger partial charge in [-0.15, -0.1) is 0 Å². The highest BCUT2D eigenvalue weighted by Gasteiger charge is 2.28. The number of rotatable bonds is 4. The molecule has 0 bridgehead atoms. The van der Waals surface area contributed by atoms with Crippen molar-refractivity contribution in [2.45, 2.75) is 38.8 Å². The molecule has 0 unspecified atom stereocenters. The Morgan fingerprint density at radius 1 is 1.48 bits per heavy atom. The Morgan fingerprint density at radius 2 is 2.22 bits per heavy atom. The molecule has 2 heterocycles. The predicted octanol–water partition coefficient (Wildman–Crippen LogP) is 2.01. The highest BCUT2D eigenvalue weighted by molar-refractivity contribution is 6.29. The van der Waals surface area contributed by atoms with E-state index in [-0.39, 0.29) is 17.0 Å². The zero-order chi connectivity index (χ0) is 16.6. The number of aromatic nitrogens is 4. The molecule has 1 amide bonds. The molecule has 8 heteroatoms. The number of nitrogens with two attached hydrogens (primary N) is 1. The van der Waals surface area contributed by atoms with Gasteiger partial charge in [-0.05, 0) is 19.3 Å². The highest BCUT2D eigenvalue weighted by Crippen LogP contribution is 2.29. The summed E-state index contributed by atoms with van der Waals surface area (Å²) in [5.41, 5.74) is 7.84. The minimum absolute atomic E-state index is 0.0738. The zero-order valence-electron chi connectivity index (χ0n) is 13.2. The standard InChI is InChI=1S/C15H19ClN6O/c1-9(23)22(11-4-3-5-11)8-10-7-21(2)20-14(10)12-6-13(16)19-15(17)18-12/h6-7,11H,3-5,8H2,1-2H3,(H2,17,18,19). The Hall–Kier alpha value is -2.15. The summed E-state index contributed by atoms with van der Waals surface area (Å²) in [4.78, 5) is 22.0. The van der Waals surface area contributed by atoms with Gasteiger partial charge in [-0.3, -0.25) is 9.48 Å². The first-order valence-corrected chi connectivity index (χ1v) is 7.92. The lowest BCUT2D eigenvalue weighted by atomic mass is 9.91. The second-order valence-corrected chi connectivity index (χ2v) is 6.23. The fraction of sp³-hybridized carbons (Fsp3) is 0.467. The van der Waals surface area contributed by atoms with Gasteiger partial charge in [0.15, 0.2) is 0 Å². The van der Waals surface area contributed by atoms with Gasteiger partial charge in [0.1, 0.15) is 10.8 Å². The summed E-state index contributed by atoms with van der Waals surface area (Å²) in [6.45, 7) is 2.11. The first-order chi connectivity index (χ1) is 10.9. The lowest BCUT2D eigenvalue weighted by Crippen LogP contribution is -2.42. The average Bonchev–Trinajstić information content (AvgIpc) is 2.75. The Morgan fingerprint density at radius 3 is 2.78 bits per heavy atom. The minimum Gasteiger partial charge on any atom is -0.368 e. The molecule has 0 atom stereocenters. The van der Waals surface area contributed by atoms with Crippen LogP contribution in [0.5, 0.6) is 0 Å². The zero-order valence-corrected chi connectivity index (χ0v) is 13.9. The van der Waals surface area contributed by atoms with Crippen LogP contribution in [0, 0.1) is 0 Å². The van der Waals surface area contributed by atoms with Crippen LogP contribution in [0.25, 0.3) is 11.4 Å². The van der Waals surface area contributed by atoms with E-state index in [4.69, 9.17) is 17.3 Å². The molecule has 0 saturated heterocycles. The van der Waals surface area contributed by atoms with Crippen LogP contribution in [-0.4, -0.2) is 36.6 Å². The van der Waals surface area contributed by atoms with Crippen molar-refractivity contribution < 1.29 is 4.79 Å². The van der Waals surface area contributed by atoms with Crippen LogP contribution in [0.4, 0.5) is 5.95 Å². The molecule has 0 aromatic carbocycles. The second kappa shape index (κ2) is 6.16. The molecule has 3 rings (SSSR count). The summed E-state index contributed by atoms with van der Waals surface area (Å²) in [5.74, 6) is 0.177. The number of nitrogen functional groups attached to an aromatic ring is 1. The van der Waals surface area contributed by atoms with Crippen molar-refractivity contribution in [2.75, 3.05) is 5.73 Å². The van der Waals surface area contributed by atoms with Gasteiger partial charge < -0.3 is 10.6 Å². The van der Waals surface area contributed by atoms with E-state index < -0.39 is 0 Å². The van der Waals surface area contributed by atoms with Gasteiger partial charge in [0.2, 0.25) is 11.9 Å². The summed E-state index contributed by atoms with van der Waals surface area (Å²) in [6, 6.07) is 1.95. The third-order valence-corrected chi connectivity index (χ3v) is 4.31.